The molecule has 1 aliphatic rings. The summed E-state index contributed by atoms with van der Waals surface area (Å²) < 4.78 is 4.95. The van der Waals surface area contributed by atoms with Gasteiger partial charge >= 0.3 is 5.97 Å². The molecule has 0 aromatic carbocycles. The maximum absolute atomic E-state index is 12.4. The lowest BCUT2D eigenvalue weighted by Crippen LogP contribution is -2.41. The van der Waals surface area contributed by atoms with Crippen molar-refractivity contribution in [2.45, 2.75) is 45.4 Å². The van der Waals surface area contributed by atoms with Crippen molar-refractivity contribution >= 4 is 11.9 Å². The highest BCUT2D eigenvalue weighted by atomic mass is 16.5. The molecule has 0 aliphatic heterocycles. The van der Waals surface area contributed by atoms with Crippen LogP contribution < -0.4 is 0 Å². The average molecular weight is 285 g/mol. The number of carboxylic acid groups (broad SMARTS) is 1. The second kappa shape index (κ2) is 8.95. The Morgan fingerprint density at radius 1 is 1.30 bits per heavy atom. The highest BCUT2D eigenvalue weighted by Gasteiger charge is 2.25. The number of carbonyl (C=O) groups is 2. The van der Waals surface area contributed by atoms with Crippen LogP contribution in [-0.4, -0.2) is 48.7 Å². The fourth-order valence-electron chi connectivity index (χ4n) is 2.97. The first-order chi connectivity index (χ1) is 9.54. The van der Waals surface area contributed by atoms with E-state index in [1.165, 1.54) is 37.0 Å². The minimum absolute atomic E-state index is 0.0602. The monoisotopic (exact) mass is 285 g/mol. The quantitative estimate of drug-likeness (QED) is 0.742. The smallest absolute Gasteiger partial charge is 0.323 e. The molecule has 1 amide bonds. The van der Waals surface area contributed by atoms with E-state index in [1.54, 1.807) is 7.11 Å². The lowest BCUT2D eigenvalue weighted by Gasteiger charge is -2.28. The molecule has 0 radical (unpaired) electrons. The van der Waals surface area contributed by atoms with Gasteiger partial charge in [0.05, 0.1) is 6.61 Å². The molecule has 0 saturated heterocycles. The van der Waals surface area contributed by atoms with Gasteiger partial charge in [0.1, 0.15) is 6.54 Å². The lowest BCUT2D eigenvalue weighted by atomic mass is 9.83. The van der Waals surface area contributed by atoms with Crippen molar-refractivity contribution in [3.8, 4) is 0 Å². The van der Waals surface area contributed by atoms with Crippen molar-refractivity contribution in [3.63, 3.8) is 0 Å². The molecule has 116 valence electrons. The van der Waals surface area contributed by atoms with E-state index < -0.39 is 5.97 Å². The van der Waals surface area contributed by atoms with E-state index in [0.29, 0.717) is 19.1 Å². The number of methoxy groups -OCH3 is 1. The molecule has 0 aromatic rings. The zero-order valence-corrected chi connectivity index (χ0v) is 12.6. The molecule has 1 fully saturated rings. The minimum atomic E-state index is -0.973. The predicted molar refractivity (Wildman–Crippen MR) is 76.4 cm³/mol. The molecule has 5 nitrogen and oxygen atoms in total. The first-order valence-corrected chi connectivity index (χ1v) is 7.54. The molecule has 0 spiro atoms. The first-order valence-electron chi connectivity index (χ1n) is 7.54. The number of hydrogen-bond acceptors (Lipinski definition) is 3. The normalized spacial score (nSPS) is 17.7. The van der Waals surface area contributed by atoms with Crippen LogP contribution in [0.5, 0.6) is 0 Å². The summed E-state index contributed by atoms with van der Waals surface area (Å²) in [7, 11) is 1.55. The lowest BCUT2D eigenvalue weighted by molar-refractivity contribution is -0.146. The fraction of sp³-hybridized carbons (Fsp3) is 0.867. The number of amides is 1. The van der Waals surface area contributed by atoms with Crippen molar-refractivity contribution in [3.05, 3.63) is 0 Å². The van der Waals surface area contributed by atoms with E-state index in [9.17, 15) is 9.59 Å². The maximum Gasteiger partial charge on any atom is 0.323 e. The van der Waals surface area contributed by atoms with Crippen LogP contribution in [0.2, 0.25) is 0 Å². The number of nitrogens with zero attached hydrogens (tertiary/aromatic N) is 1. The molecular weight excluding hydrogens is 258 g/mol. The Hall–Kier alpha value is -1.10. The van der Waals surface area contributed by atoms with Crippen molar-refractivity contribution in [2.24, 2.45) is 11.8 Å². The topological polar surface area (TPSA) is 66.8 Å². The van der Waals surface area contributed by atoms with Gasteiger partial charge in [-0.15, -0.1) is 0 Å². The zero-order valence-electron chi connectivity index (χ0n) is 12.6. The third-order valence-corrected chi connectivity index (χ3v) is 4.04. The molecule has 0 bridgehead atoms. The Labute approximate surface area is 121 Å². The van der Waals surface area contributed by atoms with Gasteiger partial charge in [-0.1, -0.05) is 39.0 Å². The summed E-state index contributed by atoms with van der Waals surface area (Å²) in [5.74, 6) is -0.513. The molecule has 1 N–H and O–H groups in total. The van der Waals surface area contributed by atoms with Gasteiger partial charge in [-0.05, 0) is 12.3 Å². The van der Waals surface area contributed by atoms with E-state index in [0.717, 1.165) is 6.42 Å². The standard InChI is InChI=1S/C15H27NO4/c1-12(10-13-6-4-3-5-7-13)15(19)16(8-9-20-2)11-14(17)18/h12-13H,3-11H2,1-2H3,(H,17,18). The van der Waals surface area contributed by atoms with Crippen LogP contribution in [0, 0.1) is 11.8 Å². The van der Waals surface area contributed by atoms with Gasteiger partial charge in [-0.25, -0.2) is 0 Å². The maximum atomic E-state index is 12.4. The summed E-state index contributed by atoms with van der Waals surface area (Å²) >= 11 is 0. The molecule has 20 heavy (non-hydrogen) atoms. The Morgan fingerprint density at radius 2 is 1.95 bits per heavy atom. The Kier molecular flexibility index (Phi) is 7.59. The van der Waals surface area contributed by atoms with Crippen LogP contribution in [0.25, 0.3) is 0 Å². The van der Waals surface area contributed by atoms with Gasteiger partial charge < -0.3 is 14.7 Å². The molecule has 5 heteroatoms. The van der Waals surface area contributed by atoms with Crippen molar-refractivity contribution < 1.29 is 19.4 Å². The summed E-state index contributed by atoms with van der Waals surface area (Å²) in [6.45, 7) is 2.39. The molecular formula is C15H27NO4. The Balaban J connectivity index is 2.50. The zero-order chi connectivity index (χ0) is 15.0. The van der Waals surface area contributed by atoms with Crippen LogP contribution in [0.15, 0.2) is 0 Å². The molecule has 1 saturated carbocycles. The SMILES string of the molecule is COCCN(CC(=O)O)C(=O)C(C)CC1CCCCC1. The third-order valence-electron chi connectivity index (χ3n) is 4.04. The van der Waals surface area contributed by atoms with Gasteiger partial charge in [0.25, 0.3) is 0 Å². The van der Waals surface area contributed by atoms with Crippen LogP contribution in [0.1, 0.15) is 45.4 Å². The molecule has 0 aromatic heterocycles. The number of carboxylic acids is 1. The number of aliphatic carboxylic acids is 1. The summed E-state index contributed by atoms with van der Waals surface area (Å²) in [5, 5.41) is 8.90. The summed E-state index contributed by atoms with van der Waals surface area (Å²) in [6.07, 6.45) is 7.10. The van der Waals surface area contributed by atoms with Gasteiger partial charge in [-0.2, -0.15) is 0 Å². The number of ether oxygens (including phenoxy) is 1. The van der Waals surface area contributed by atoms with Gasteiger partial charge in [0.2, 0.25) is 5.91 Å². The van der Waals surface area contributed by atoms with E-state index in [1.807, 2.05) is 6.92 Å². The van der Waals surface area contributed by atoms with Gasteiger partial charge in [0, 0.05) is 19.6 Å². The predicted octanol–water partition coefficient (Wildman–Crippen LogP) is 2.15. The summed E-state index contributed by atoms with van der Waals surface area (Å²) in [6, 6.07) is 0. The van der Waals surface area contributed by atoms with Crippen LogP contribution in [-0.2, 0) is 14.3 Å². The van der Waals surface area contributed by atoms with E-state index in [-0.39, 0.29) is 18.4 Å². The molecule has 1 rings (SSSR count). The average Bonchev–Trinajstić information content (AvgIpc) is 2.43. The Bertz CT molecular complexity index is 313. The van der Waals surface area contributed by atoms with Gasteiger partial charge in [-0.3, -0.25) is 9.59 Å². The molecule has 1 unspecified atom stereocenters. The highest BCUT2D eigenvalue weighted by molar-refractivity contribution is 5.82. The number of hydrogen-bond donors (Lipinski definition) is 1. The van der Waals surface area contributed by atoms with Crippen LogP contribution >= 0.6 is 0 Å². The van der Waals surface area contributed by atoms with Gasteiger partial charge in [0.15, 0.2) is 0 Å². The first kappa shape index (κ1) is 17.0. The highest BCUT2D eigenvalue weighted by Crippen LogP contribution is 2.29. The van der Waals surface area contributed by atoms with E-state index >= 15 is 0 Å². The molecule has 1 atom stereocenters. The molecule has 1 aliphatic carbocycles. The minimum Gasteiger partial charge on any atom is -0.480 e. The van der Waals surface area contributed by atoms with Crippen LogP contribution in [0.3, 0.4) is 0 Å². The number of rotatable bonds is 8. The van der Waals surface area contributed by atoms with E-state index in [2.05, 4.69) is 0 Å². The second-order valence-electron chi connectivity index (χ2n) is 5.79. The van der Waals surface area contributed by atoms with Crippen molar-refractivity contribution in [1.82, 2.24) is 4.90 Å². The van der Waals surface area contributed by atoms with Crippen molar-refractivity contribution in [1.29, 1.82) is 0 Å². The number of carbonyl (C=O) groups excluding carboxylic acids is 1. The summed E-state index contributed by atoms with van der Waals surface area (Å²) in [5.41, 5.74) is 0. The van der Waals surface area contributed by atoms with Crippen LogP contribution in [0.4, 0.5) is 0 Å². The fourth-order valence-corrected chi connectivity index (χ4v) is 2.97. The summed E-state index contributed by atoms with van der Waals surface area (Å²) in [4.78, 5) is 24.6. The second-order valence-corrected chi connectivity index (χ2v) is 5.79. The molecule has 0 heterocycles. The van der Waals surface area contributed by atoms with Crippen molar-refractivity contribution in [2.75, 3.05) is 26.8 Å². The largest absolute Gasteiger partial charge is 0.480 e. The third kappa shape index (κ3) is 5.90. The Morgan fingerprint density at radius 3 is 2.50 bits per heavy atom. The van der Waals surface area contributed by atoms with E-state index in [4.69, 9.17) is 9.84 Å².